The lowest BCUT2D eigenvalue weighted by Crippen LogP contribution is -2.29. The van der Waals surface area contributed by atoms with E-state index >= 15 is 0 Å². The van der Waals surface area contributed by atoms with Crippen molar-refractivity contribution in [3.63, 3.8) is 0 Å². The average Bonchev–Trinajstić information content (AvgIpc) is 2.28. The molecule has 0 aromatic heterocycles. The Hall–Kier alpha value is -1.37. The first-order chi connectivity index (χ1) is 6.49. The Kier molecular flexibility index (Phi) is 3.23. The summed E-state index contributed by atoms with van der Waals surface area (Å²) >= 11 is 0.923. The second kappa shape index (κ2) is 4.23. The van der Waals surface area contributed by atoms with Crippen molar-refractivity contribution >= 4 is 34.7 Å². The van der Waals surface area contributed by atoms with Gasteiger partial charge >= 0.3 is 0 Å². The number of amides is 2. The Bertz CT molecular complexity index is 326. The number of rotatable bonds is 2. The molecule has 1 atom stereocenters. The van der Waals surface area contributed by atoms with E-state index in [0.717, 1.165) is 11.8 Å². The maximum Gasteiger partial charge on any atom is 0.262 e. The van der Waals surface area contributed by atoms with Gasteiger partial charge in [-0.3, -0.25) is 9.59 Å². The minimum atomic E-state index is -1.31. The van der Waals surface area contributed by atoms with Crippen molar-refractivity contribution in [1.82, 2.24) is 5.32 Å². The van der Waals surface area contributed by atoms with Crippen molar-refractivity contribution in [3.8, 4) is 0 Å². The zero-order chi connectivity index (χ0) is 10.7. The molecule has 0 aromatic carbocycles. The number of nitrogens with one attached hydrogen (secondary N) is 1. The molecule has 6 nitrogen and oxygen atoms in total. The highest BCUT2D eigenvalue weighted by atomic mass is 32.2. The minimum Gasteiger partial charge on any atom is -0.550 e. The first-order valence-corrected chi connectivity index (χ1v) is 4.63. The zero-order valence-electron chi connectivity index (χ0n) is 7.27. The van der Waals surface area contributed by atoms with Gasteiger partial charge in [0.15, 0.2) is 5.17 Å². The normalized spacial score (nSPS) is 20.5. The van der Waals surface area contributed by atoms with Crippen LogP contribution in [0, 0.1) is 0 Å². The Morgan fingerprint density at radius 2 is 2.29 bits per heavy atom. The Labute approximate surface area is 83.8 Å². The predicted octanol–water partition coefficient (Wildman–Crippen LogP) is -1.74. The van der Waals surface area contributed by atoms with Gasteiger partial charge in [0.25, 0.3) is 5.91 Å². The molecular formula is C7H7N2O4S-. The van der Waals surface area contributed by atoms with Crippen LogP contribution in [0.3, 0.4) is 0 Å². The van der Waals surface area contributed by atoms with E-state index in [1.165, 1.54) is 6.92 Å². The highest BCUT2D eigenvalue weighted by Gasteiger charge is 2.28. The van der Waals surface area contributed by atoms with Crippen molar-refractivity contribution in [2.75, 3.05) is 0 Å². The van der Waals surface area contributed by atoms with Crippen LogP contribution in [0.1, 0.15) is 13.3 Å². The summed E-state index contributed by atoms with van der Waals surface area (Å²) in [7, 11) is 0. The highest BCUT2D eigenvalue weighted by Crippen LogP contribution is 2.23. The number of amidine groups is 1. The van der Waals surface area contributed by atoms with E-state index in [-0.39, 0.29) is 11.1 Å². The molecule has 7 heteroatoms. The number of carboxylic acid groups (broad SMARTS) is 1. The largest absolute Gasteiger partial charge is 0.550 e. The third-order valence-electron chi connectivity index (χ3n) is 1.38. The van der Waals surface area contributed by atoms with E-state index in [9.17, 15) is 19.5 Å². The van der Waals surface area contributed by atoms with Crippen LogP contribution < -0.4 is 10.4 Å². The summed E-state index contributed by atoms with van der Waals surface area (Å²) in [5, 5.41) is 11.9. The van der Waals surface area contributed by atoms with E-state index in [1.54, 1.807) is 0 Å². The molecule has 0 spiro atoms. The lowest BCUT2D eigenvalue weighted by atomic mass is 10.3. The maximum absolute atomic E-state index is 11.1. The molecule has 2 amide bonds. The summed E-state index contributed by atoms with van der Waals surface area (Å²) in [5.74, 6) is -2.21. The molecule has 1 aliphatic heterocycles. The van der Waals surface area contributed by atoms with Gasteiger partial charge in [-0.1, -0.05) is 11.8 Å². The third kappa shape index (κ3) is 2.84. The highest BCUT2D eigenvalue weighted by molar-refractivity contribution is 8.15. The molecule has 0 radical (unpaired) electrons. The van der Waals surface area contributed by atoms with E-state index in [0.29, 0.717) is 0 Å². The van der Waals surface area contributed by atoms with Crippen LogP contribution in [-0.4, -0.2) is 28.2 Å². The van der Waals surface area contributed by atoms with Crippen LogP contribution in [0.15, 0.2) is 4.99 Å². The topological polar surface area (TPSA) is 98.7 Å². The van der Waals surface area contributed by atoms with Crippen LogP contribution in [0.2, 0.25) is 0 Å². The number of hydrogen-bond donors (Lipinski definition) is 1. The number of hydrogen-bond acceptors (Lipinski definition) is 5. The van der Waals surface area contributed by atoms with Crippen molar-refractivity contribution < 1.29 is 19.5 Å². The number of nitrogens with zero attached hydrogens (tertiary/aromatic N) is 1. The molecule has 0 saturated carbocycles. The smallest absolute Gasteiger partial charge is 0.262 e. The Morgan fingerprint density at radius 3 is 2.79 bits per heavy atom. The lowest BCUT2D eigenvalue weighted by Gasteiger charge is -2.06. The molecular weight excluding hydrogens is 208 g/mol. The standard InChI is InChI=1S/C7H8N2O4S/c1-3(10)8-7-9-6(13)4(14-7)2-5(11)12/h4H,2H2,1H3,(H,11,12)(H,8,9,10,13)/p-1/t4-/m0/s1. The summed E-state index contributed by atoms with van der Waals surface area (Å²) in [4.78, 5) is 35.3. The van der Waals surface area contributed by atoms with Gasteiger partial charge < -0.3 is 15.2 Å². The number of aliphatic carboxylic acids is 1. The molecule has 0 aromatic rings. The van der Waals surface area contributed by atoms with Gasteiger partial charge in [0.2, 0.25) is 5.91 Å². The SMILES string of the molecule is CC(=O)NC1=NC(=O)[C@H](CC(=O)[O-])S1. The van der Waals surface area contributed by atoms with Gasteiger partial charge in [-0.2, -0.15) is 4.99 Å². The van der Waals surface area contributed by atoms with Gasteiger partial charge in [0, 0.05) is 19.3 Å². The number of aliphatic imine (C=N–C) groups is 1. The minimum absolute atomic E-state index is 0.147. The first-order valence-electron chi connectivity index (χ1n) is 3.75. The van der Waals surface area contributed by atoms with E-state index in [1.807, 2.05) is 0 Å². The van der Waals surface area contributed by atoms with Crippen LogP contribution >= 0.6 is 11.8 Å². The van der Waals surface area contributed by atoms with Crippen LogP contribution in [0.25, 0.3) is 0 Å². The van der Waals surface area contributed by atoms with E-state index in [2.05, 4.69) is 10.3 Å². The second-order valence-corrected chi connectivity index (χ2v) is 3.81. The van der Waals surface area contributed by atoms with Crippen molar-refractivity contribution in [2.24, 2.45) is 4.99 Å². The molecule has 0 saturated heterocycles. The van der Waals surface area contributed by atoms with Crippen molar-refractivity contribution in [1.29, 1.82) is 0 Å². The van der Waals surface area contributed by atoms with Crippen LogP contribution in [-0.2, 0) is 14.4 Å². The number of thioether (sulfide) groups is 1. The molecule has 0 aliphatic carbocycles. The van der Waals surface area contributed by atoms with Gasteiger partial charge in [-0.25, -0.2) is 0 Å². The average molecular weight is 215 g/mol. The molecule has 0 fully saturated rings. The van der Waals surface area contributed by atoms with Crippen molar-refractivity contribution in [3.05, 3.63) is 0 Å². The van der Waals surface area contributed by atoms with Gasteiger partial charge in [0.1, 0.15) is 0 Å². The molecule has 14 heavy (non-hydrogen) atoms. The molecule has 1 heterocycles. The first kappa shape index (κ1) is 10.7. The Morgan fingerprint density at radius 1 is 1.64 bits per heavy atom. The summed E-state index contributed by atoms with van der Waals surface area (Å²) in [5.41, 5.74) is 0. The fraction of sp³-hybridized carbons (Fsp3) is 0.429. The molecule has 1 N–H and O–H groups in total. The predicted molar refractivity (Wildman–Crippen MR) is 47.3 cm³/mol. The van der Waals surface area contributed by atoms with E-state index in [4.69, 9.17) is 0 Å². The molecule has 1 aliphatic rings. The molecule has 0 unspecified atom stereocenters. The van der Waals surface area contributed by atoms with Crippen molar-refractivity contribution in [2.45, 2.75) is 18.6 Å². The van der Waals surface area contributed by atoms with Gasteiger partial charge in [0.05, 0.1) is 5.25 Å². The Balaban J connectivity index is 2.55. The maximum atomic E-state index is 11.1. The number of carbonyl (C=O) groups excluding carboxylic acids is 3. The van der Waals surface area contributed by atoms with Crippen LogP contribution in [0.4, 0.5) is 0 Å². The number of carboxylic acids is 1. The quantitative estimate of drug-likeness (QED) is 0.589. The summed E-state index contributed by atoms with van der Waals surface area (Å²) in [6.45, 7) is 1.28. The summed E-state index contributed by atoms with van der Waals surface area (Å²) in [6.07, 6.45) is -0.393. The van der Waals surface area contributed by atoms with Crippen LogP contribution in [0.5, 0.6) is 0 Å². The third-order valence-corrected chi connectivity index (χ3v) is 2.45. The fourth-order valence-corrected chi connectivity index (χ4v) is 1.86. The second-order valence-electron chi connectivity index (χ2n) is 2.62. The fourth-order valence-electron chi connectivity index (χ4n) is 0.872. The van der Waals surface area contributed by atoms with Gasteiger partial charge in [-0.05, 0) is 0 Å². The molecule has 0 bridgehead atoms. The van der Waals surface area contributed by atoms with E-state index < -0.39 is 23.5 Å². The lowest BCUT2D eigenvalue weighted by molar-refractivity contribution is -0.305. The molecule has 76 valence electrons. The van der Waals surface area contributed by atoms with Gasteiger partial charge in [-0.15, -0.1) is 0 Å². The molecule has 1 rings (SSSR count). The monoisotopic (exact) mass is 215 g/mol. The summed E-state index contributed by atoms with van der Waals surface area (Å²) < 4.78 is 0. The summed E-state index contributed by atoms with van der Waals surface area (Å²) in [6, 6.07) is 0. The zero-order valence-corrected chi connectivity index (χ0v) is 8.09. The number of carbonyl (C=O) groups is 3.